The second-order valence-corrected chi connectivity index (χ2v) is 8.01. The zero-order valence-electron chi connectivity index (χ0n) is 17.8. The van der Waals surface area contributed by atoms with Crippen molar-refractivity contribution in [2.75, 3.05) is 11.5 Å². The van der Waals surface area contributed by atoms with E-state index in [9.17, 15) is 14.7 Å². The lowest BCUT2D eigenvalue weighted by atomic mass is 10.1. The molecule has 0 radical (unpaired) electrons. The van der Waals surface area contributed by atoms with Crippen LogP contribution in [0.4, 0.5) is 5.82 Å². The topological polar surface area (TPSA) is 123 Å². The summed E-state index contributed by atoms with van der Waals surface area (Å²) in [4.78, 5) is 41.2. The van der Waals surface area contributed by atoms with E-state index in [4.69, 9.17) is 9.47 Å². The summed E-state index contributed by atoms with van der Waals surface area (Å²) >= 11 is 0. The van der Waals surface area contributed by atoms with Crippen molar-refractivity contribution in [3.63, 3.8) is 0 Å². The second-order valence-electron chi connectivity index (χ2n) is 8.01. The number of amides is 2. The van der Waals surface area contributed by atoms with E-state index in [1.165, 1.54) is 12.7 Å². The molecule has 6 rings (SSSR count). The zero-order valence-corrected chi connectivity index (χ0v) is 17.8. The molecule has 2 amide bonds. The Kier molecular flexibility index (Phi) is 4.91. The van der Waals surface area contributed by atoms with Gasteiger partial charge in [0.2, 0.25) is 0 Å². The number of epoxide rings is 1. The van der Waals surface area contributed by atoms with Crippen molar-refractivity contribution in [2.45, 2.75) is 24.5 Å². The van der Waals surface area contributed by atoms with Crippen LogP contribution in [0.3, 0.4) is 0 Å². The maximum atomic E-state index is 13.5. The molecule has 10 heteroatoms. The maximum absolute atomic E-state index is 13.5. The van der Waals surface area contributed by atoms with E-state index in [2.05, 4.69) is 15.0 Å². The van der Waals surface area contributed by atoms with Gasteiger partial charge in [0.1, 0.15) is 24.6 Å². The van der Waals surface area contributed by atoms with Crippen molar-refractivity contribution < 1.29 is 24.2 Å². The van der Waals surface area contributed by atoms with Crippen LogP contribution in [-0.4, -0.2) is 61.4 Å². The van der Waals surface area contributed by atoms with Gasteiger partial charge < -0.3 is 14.6 Å². The Labute approximate surface area is 193 Å². The van der Waals surface area contributed by atoms with Crippen LogP contribution in [0.25, 0.3) is 11.2 Å². The second kappa shape index (κ2) is 8.10. The summed E-state index contributed by atoms with van der Waals surface area (Å²) < 4.78 is 13.2. The number of fused-ring (bicyclic) bond motifs is 2. The van der Waals surface area contributed by atoms with Gasteiger partial charge in [0.15, 0.2) is 23.2 Å². The number of carbonyl (C=O) groups excluding carboxylic acids is 2. The summed E-state index contributed by atoms with van der Waals surface area (Å²) in [5.41, 5.74) is 1.31. The molecule has 2 saturated heterocycles. The van der Waals surface area contributed by atoms with Crippen LogP contribution in [-0.2, 0) is 9.47 Å². The molecule has 2 aromatic carbocycles. The van der Waals surface area contributed by atoms with Gasteiger partial charge in [0.25, 0.3) is 11.8 Å². The van der Waals surface area contributed by atoms with Gasteiger partial charge in [-0.15, -0.1) is 0 Å². The highest BCUT2D eigenvalue weighted by atomic mass is 16.7. The lowest BCUT2D eigenvalue weighted by Crippen LogP contribution is -2.38. The minimum Gasteiger partial charge on any atom is -0.394 e. The van der Waals surface area contributed by atoms with E-state index in [1.54, 1.807) is 65.2 Å². The smallest absolute Gasteiger partial charge is 0.266 e. The summed E-state index contributed by atoms with van der Waals surface area (Å²) in [6, 6.07) is 17.0. The zero-order chi connectivity index (χ0) is 23.2. The van der Waals surface area contributed by atoms with Gasteiger partial charge in [-0.2, -0.15) is 0 Å². The van der Waals surface area contributed by atoms with Crippen molar-refractivity contribution in [1.29, 1.82) is 0 Å². The Balaban J connectivity index is 1.46. The average Bonchev–Trinajstić information content (AvgIpc) is 3.42. The number of rotatable bonds is 5. The van der Waals surface area contributed by atoms with E-state index >= 15 is 0 Å². The molecule has 34 heavy (non-hydrogen) atoms. The number of nitrogens with zero attached hydrogens (tertiary/aromatic N) is 5. The van der Waals surface area contributed by atoms with Gasteiger partial charge in [-0.25, -0.2) is 19.9 Å². The standard InChI is InChI=1S/C24H19N5O5/c30-11-16-18-19(34-18)24(33-16)28-13-27-17-20(28)25-12-26-21(17)29(22(31)14-7-3-1-4-8-14)23(32)15-9-5-2-6-10-15/h1-10,12-13,16,18-19,24,30H,11H2/t16-,18-,19-,24-/m1/s1. The number of aliphatic hydroxyl groups is 1. The number of benzene rings is 2. The normalized spacial score (nSPS) is 23.0. The number of aliphatic hydroxyl groups excluding tert-OH is 1. The molecule has 0 spiro atoms. The number of imide groups is 1. The van der Waals surface area contributed by atoms with Gasteiger partial charge in [0.05, 0.1) is 12.9 Å². The number of carbonyl (C=O) groups is 2. The van der Waals surface area contributed by atoms with E-state index in [0.717, 1.165) is 4.90 Å². The molecule has 10 nitrogen and oxygen atoms in total. The van der Waals surface area contributed by atoms with E-state index in [1.807, 2.05) is 0 Å². The summed E-state index contributed by atoms with van der Waals surface area (Å²) in [7, 11) is 0. The lowest BCUT2D eigenvalue weighted by Gasteiger charge is -2.21. The fraction of sp³-hybridized carbons (Fsp3) is 0.208. The first kappa shape index (κ1) is 20.6. The SMILES string of the molecule is O=C(c1ccccc1)N(C(=O)c1ccccc1)c1ncnc2c1ncn2[C@@H]1O[C@H](CO)[C@H]2O[C@H]21. The quantitative estimate of drug-likeness (QED) is 0.356. The molecule has 0 aliphatic carbocycles. The molecule has 0 saturated carbocycles. The largest absolute Gasteiger partial charge is 0.394 e. The van der Waals surface area contributed by atoms with Gasteiger partial charge >= 0.3 is 0 Å². The third-order valence-electron chi connectivity index (χ3n) is 5.98. The molecule has 4 aromatic rings. The highest BCUT2D eigenvalue weighted by Gasteiger charge is 2.59. The minimum absolute atomic E-state index is 0.0661. The van der Waals surface area contributed by atoms with Crippen molar-refractivity contribution in [3.8, 4) is 0 Å². The molecule has 2 aromatic heterocycles. The number of hydrogen-bond acceptors (Lipinski definition) is 8. The van der Waals surface area contributed by atoms with E-state index in [-0.39, 0.29) is 30.1 Å². The number of anilines is 1. The number of ether oxygens (including phenoxy) is 2. The third kappa shape index (κ3) is 3.27. The Bertz CT molecular complexity index is 1330. The molecule has 0 bridgehead atoms. The van der Waals surface area contributed by atoms with Gasteiger partial charge in [0, 0.05) is 11.1 Å². The molecule has 2 fully saturated rings. The molecule has 170 valence electrons. The summed E-state index contributed by atoms with van der Waals surface area (Å²) in [6.45, 7) is -0.157. The highest BCUT2D eigenvalue weighted by Crippen LogP contribution is 2.45. The van der Waals surface area contributed by atoms with Gasteiger partial charge in [-0.05, 0) is 24.3 Å². The Morgan fingerprint density at radius 1 is 0.882 bits per heavy atom. The summed E-state index contributed by atoms with van der Waals surface area (Å²) in [5, 5.41) is 9.51. The molecular weight excluding hydrogens is 438 g/mol. The Morgan fingerprint density at radius 2 is 1.53 bits per heavy atom. The molecule has 2 aliphatic heterocycles. The van der Waals surface area contributed by atoms with Gasteiger partial charge in [-0.3, -0.25) is 14.2 Å². The molecule has 4 atom stereocenters. The van der Waals surface area contributed by atoms with Crippen LogP contribution in [0.2, 0.25) is 0 Å². The molecule has 1 N–H and O–H groups in total. The minimum atomic E-state index is -0.535. The number of imidazole rings is 1. The van der Waals surface area contributed by atoms with Crippen molar-refractivity contribution in [2.24, 2.45) is 0 Å². The fourth-order valence-electron chi connectivity index (χ4n) is 4.26. The maximum Gasteiger partial charge on any atom is 0.266 e. The Hall–Kier alpha value is -3.99. The third-order valence-corrected chi connectivity index (χ3v) is 5.98. The van der Waals surface area contributed by atoms with Crippen molar-refractivity contribution in [3.05, 3.63) is 84.4 Å². The molecular formula is C24H19N5O5. The first-order valence-corrected chi connectivity index (χ1v) is 10.8. The summed E-state index contributed by atoms with van der Waals surface area (Å²) in [5.74, 6) is -1.00. The van der Waals surface area contributed by atoms with Crippen molar-refractivity contribution >= 4 is 28.8 Å². The predicted molar refractivity (Wildman–Crippen MR) is 119 cm³/mol. The van der Waals surface area contributed by atoms with E-state index in [0.29, 0.717) is 16.8 Å². The fourth-order valence-corrected chi connectivity index (χ4v) is 4.26. The van der Waals surface area contributed by atoms with Crippen LogP contribution in [0.5, 0.6) is 0 Å². The molecule has 2 aliphatic rings. The van der Waals surface area contributed by atoms with Crippen LogP contribution >= 0.6 is 0 Å². The summed E-state index contributed by atoms with van der Waals surface area (Å²) in [6.07, 6.45) is 1.45. The first-order chi connectivity index (χ1) is 16.7. The van der Waals surface area contributed by atoms with Crippen molar-refractivity contribution in [1.82, 2.24) is 19.5 Å². The monoisotopic (exact) mass is 457 g/mol. The predicted octanol–water partition coefficient (Wildman–Crippen LogP) is 1.97. The first-order valence-electron chi connectivity index (χ1n) is 10.8. The Morgan fingerprint density at radius 3 is 2.12 bits per heavy atom. The highest BCUT2D eigenvalue weighted by molar-refractivity contribution is 6.27. The number of aromatic nitrogens is 4. The van der Waals surface area contributed by atoms with Crippen LogP contribution < -0.4 is 4.90 Å². The van der Waals surface area contributed by atoms with Crippen LogP contribution in [0.15, 0.2) is 73.3 Å². The van der Waals surface area contributed by atoms with Crippen LogP contribution in [0.1, 0.15) is 26.9 Å². The number of hydrogen-bond donors (Lipinski definition) is 1. The lowest BCUT2D eigenvalue weighted by molar-refractivity contribution is -0.0823. The average molecular weight is 457 g/mol. The van der Waals surface area contributed by atoms with E-state index < -0.39 is 24.1 Å². The molecule has 0 unspecified atom stereocenters. The van der Waals surface area contributed by atoms with Crippen LogP contribution in [0, 0.1) is 0 Å². The van der Waals surface area contributed by atoms with Gasteiger partial charge in [-0.1, -0.05) is 36.4 Å². The molecule has 4 heterocycles.